The number of hydrogen-bond acceptors (Lipinski definition) is 3. The number of phenolic OH excluding ortho intramolecular Hbond substituents is 1. The van der Waals surface area contributed by atoms with Gasteiger partial charge < -0.3 is 15.2 Å². The summed E-state index contributed by atoms with van der Waals surface area (Å²) in [4.78, 5) is 12.2. The molecule has 1 aliphatic carbocycles. The van der Waals surface area contributed by atoms with Gasteiger partial charge in [-0.3, -0.25) is 4.79 Å². The minimum atomic E-state index is -0.153. The van der Waals surface area contributed by atoms with Crippen molar-refractivity contribution in [3.63, 3.8) is 0 Å². The van der Waals surface area contributed by atoms with Crippen molar-refractivity contribution in [1.82, 2.24) is 5.32 Å². The summed E-state index contributed by atoms with van der Waals surface area (Å²) in [7, 11) is 1.48. The highest BCUT2D eigenvalue weighted by molar-refractivity contribution is 9.09. The van der Waals surface area contributed by atoms with Gasteiger partial charge in [-0.1, -0.05) is 28.8 Å². The fourth-order valence-electron chi connectivity index (χ4n) is 2.49. The average Bonchev–Trinajstić information content (AvgIpc) is 2.87. The minimum Gasteiger partial charge on any atom is -0.504 e. The van der Waals surface area contributed by atoms with E-state index in [1.165, 1.54) is 13.2 Å². The molecule has 1 amide bonds. The summed E-state index contributed by atoms with van der Waals surface area (Å²) in [5.74, 6) is 0.196. The number of nitrogens with one attached hydrogen (secondary N) is 1. The van der Waals surface area contributed by atoms with Gasteiger partial charge in [0.1, 0.15) is 0 Å². The molecule has 2 rings (SSSR count). The van der Waals surface area contributed by atoms with Gasteiger partial charge in [-0.2, -0.15) is 0 Å². The highest BCUT2D eigenvalue weighted by atomic mass is 79.9. The molecule has 1 saturated carbocycles. The second-order valence-corrected chi connectivity index (χ2v) is 5.52. The zero-order valence-electron chi connectivity index (χ0n) is 10.9. The van der Waals surface area contributed by atoms with E-state index >= 15 is 0 Å². The topological polar surface area (TPSA) is 58.6 Å². The Morgan fingerprint density at radius 1 is 1.47 bits per heavy atom. The Labute approximate surface area is 121 Å². The molecule has 1 aromatic carbocycles. The number of alkyl halides is 1. The van der Waals surface area contributed by atoms with Crippen LogP contribution < -0.4 is 10.1 Å². The fraction of sp³-hybridized carbons (Fsp3) is 0.500. The molecule has 1 aromatic rings. The van der Waals surface area contributed by atoms with Crippen molar-refractivity contribution < 1.29 is 14.6 Å². The van der Waals surface area contributed by atoms with Crippen molar-refractivity contribution in [2.24, 2.45) is 0 Å². The second kappa shape index (κ2) is 5.82. The number of methoxy groups -OCH3 is 1. The number of benzene rings is 1. The Morgan fingerprint density at radius 3 is 2.68 bits per heavy atom. The van der Waals surface area contributed by atoms with E-state index in [0.29, 0.717) is 11.3 Å². The van der Waals surface area contributed by atoms with E-state index in [4.69, 9.17) is 4.74 Å². The molecule has 0 aromatic heterocycles. The molecule has 1 fully saturated rings. The van der Waals surface area contributed by atoms with Gasteiger partial charge in [0.2, 0.25) is 0 Å². The van der Waals surface area contributed by atoms with E-state index in [1.54, 1.807) is 12.1 Å². The predicted octanol–water partition coefficient (Wildman–Crippen LogP) is 2.84. The average molecular weight is 328 g/mol. The fourth-order valence-corrected chi connectivity index (χ4v) is 3.19. The third-order valence-electron chi connectivity index (χ3n) is 3.64. The predicted molar refractivity (Wildman–Crippen MR) is 77.1 cm³/mol. The van der Waals surface area contributed by atoms with Gasteiger partial charge in [0.15, 0.2) is 11.5 Å². The van der Waals surface area contributed by atoms with Crippen LogP contribution in [0.15, 0.2) is 18.2 Å². The van der Waals surface area contributed by atoms with Gasteiger partial charge in [0.25, 0.3) is 5.91 Å². The molecule has 5 heteroatoms. The number of carbonyl (C=O) groups is 1. The molecule has 2 N–H and O–H groups in total. The maximum Gasteiger partial charge on any atom is 0.251 e. The maximum absolute atomic E-state index is 12.2. The Kier molecular flexibility index (Phi) is 4.34. The van der Waals surface area contributed by atoms with Crippen LogP contribution >= 0.6 is 15.9 Å². The lowest BCUT2D eigenvalue weighted by atomic mass is 10.00. The van der Waals surface area contributed by atoms with Gasteiger partial charge >= 0.3 is 0 Å². The number of carbonyl (C=O) groups excluding carboxylic acids is 1. The number of ether oxygens (including phenoxy) is 1. The zero-order valence-corrected chi connectivity index (χ0v) is 12.5. The molecule has 0 spiro atoms. The van der Waals surface area contributed by atoms with Crippen molar-refractivity contribution in [2.75, 3.05) is 12.4 Å². The van der Waals surface area contributed by atoms with Gasteiger partial charge in [-0.15, -0.1) is 0 Å². The first-order chi connectivity index (χ1) is 9.10. The molecule has 0 radical (unpaired) electrons. The van der Waals surface area contributed by atoms with Gasteiger partial charge in [-0.25, -0.2) is 0 Å². The first-order valence-corrected chi connectivity index (χ1v) is 7.48. The standard InChI is InChI=1S/C14H18BrNO3/c1-19-12-5-4-10(8-11(12)17)13(18)16-14(9-15)6-2-3-7-14/h4-5,8,17H,2-3,6-7,9H2,1H3,(H,16,18). The molecule has 104 valence electrons. The lowest BCUT2D eigenvalue weighted by Gasteiger charge is -2.28. The molecular formula is C14H18BrNO3. The molecule has 0 saturated heterocycles. The Hall–Kier alpha value is -1.23. The number of halogens is 1. The van der Waals surface area contributed by atoms with Crippen LogP contribution in [0.1, 0.15) is 36.0 Å². The Bertz CT molecular complexity index is 470. The highest BCUT2D eigenvalue weighted by Crippen LogP contribution is 2.32. The molecular weight excluding hydrogens is 310 g/mol. The van der Waals surface area contributed by atoms with Crippen LogP contribution in [0.4, 0.5) is 0 Å². The zero-order chi connectivity index (χ0) is 13.9. The van der Waals surface area contributed by atoms with Crippen LogP contribution in [0.25, 0.3) is 0 Å². The van der Waals surface area contributed by atoms with E-state index in [9.17, 15) is 9.90 Å². The smallest absolute Gasteiger partial charge is 0.251 e. The van der Waals surface area contributed by atoms with Crippen LogP contribution in [-0.2, 0) is 0 Å². The first-order valence-electron chi connectivity index (χ1n) is 6.36. The van der Waals surface area contributed by atoms with Crippen LogP contribution in [0.3, 0.4) is 0 Å². The number of rotatable bonds is 4. The van der Waals surface area contributed by atoms with Crippen molar-refractivity contribution in [3.05, 3.63) is 23.8 Å². The number of phenols is 1. The van der Waals surface area contributed by atoms with Gasteiger partial charge in [0, 0.05) is 10.9 Å². The first kappa shape index (κ1) is 14.2. The molecule has 1 aliphatic rings. The lowest BCUT2D eigenvalue weighted by molar-refractivity contribution is 0.0910. The highest BCUT2D eigenvalue weighted by Gasteiger charge is 2.34. The van der Waals surface area contributed by atoms with Crippen LogP contribution in [0, 0.1) is 0 Å². The van der Waals surface area contributed by atoms with Crippen LogP contribution in [0.5, 0.6) is 11.5 Å². The molecule has 0 atom stereocenters. The maximum atomic E-state index is 12.2. The third-order valence-corrected chi connectivity index (χ3v) is 4.71. The van der Waals surface area contributed by atoms with Crippen molar-refractivity contribution in [1.29, 1.82) is 0 Å². The van der Waals surface area contributed by atoms with E-state index < -0.39 is 0 Å². The molecule has 0 unspecified atom stereocenters. The van der Waals surface area contributed by atoms with E-state index in [1.807, 2.05) is 0 Å². The number of aromatic hydroxyl groups is 1. The van der Waals surface area contributed by atoms with Crippen molar-refractivity contribution in [3.8, 4) is 11.5 Å². The number of amides is 1. The largest absolute Gasteiger partial charge is 0.504 e. The monoisotopic (exact) mass is 327 g/mol. The summed E-state index contributed by atoms with van der Waals surface area (Å²) >= 11 is 3.49. The summed E-state index contributed by atoms with van der Waals surface area (Å²) < 4.78 is 4.96. The lowest BCUT2D eigenvalue weighted by Crippen LogP contribution is -2.47. The Balaban J connectivity index is 2.13. The summed E-state index contributed by atoms with van der Waals surface area (Å²) in [5, 5.41) is 13.6. The minimum absolute atomic E-state index is 0.0190. The number of hydrogen-bond donors (Lipinski definition) is 2. The summed E-state index contributed by atoms with van der Waals surface area (Å²) in [6.07, 6.45) is 4.26. The Morgan fingerprint density at radius 2 is 2.16 bits per heavy atom. The molecule has 19 heavy (non-hydrogen) atoms. The summed E-state index contributed by atoms with van der Waals surface area (Å²) in [6.45, 7) is 0. The quantitative estimate of drug-likeness (QED) is 0.836. The molecule has 0 bridgehead atoms. The van der Waals surface area contributed by atoms with Crippen molar-refractivity contribution >= 4 is 21.8 Å². The van der Waals surface area contributed by atoms with E-state index in [2.05, 4.69) is 21.2 Å². The van der Waals surface area contributed by atoms with Gasteiger partial charge in [0.05, 0.1) is 12.6 Å². The third kappa shape index (κ3) is 3.03. The van der Waals surface area contributed by atoms with Crippen LogP contribution in [-0.4, -0.2) is 29.0 Å². The molecule has 0 heterocycles. The second-order valence-electron chi connectivity index (χ2n) is 4.96. The van der Waals surface area contributed by atoms with Crippen molar-refractivity contribution in [2.45, 2.75) is 31.2 Å². The molecule has 0 aliphatic heterocycles. The molecule has 4 nitrogen and oxygen atoms in total. The summed E-state index contributed by atoms with van der Waals surface area (Å²) in [6, 6.07) is 4.69. The SMILES string of the molecule is COc1ccc(C(=O)NC2(CBr)CCCC2)cc1O. The van der Waals surface area contributed by atoms with E-state index in [0.717, 1.165) is 31.0 Å². The van der Waals surface area contributed by atoms with Crippen LogP contribution in [0.2, 0.25) is 0 Å². The normalized spacial score (nSPS) is 17.2. The van der Waals surface area contributed by atoms with E-state index in [-0.39, 0.29) is 17.2 Å². The van der Waals surface area contributed by atoms with Gasteiger partial charge in [-0.05, 0) is 31.0 Å². The summed E-state index contributed by atoms with van der Waals surface area (Å²) in [5.41, 5.74) is 0.303.